The molecular formula is C23H22F3NO4. The molecule has 0 aliphatic heterocycles. The molecule has 0 aliphatic rings. The molecule has 1 aromatic heterocycles. The van der Waals surface area contributed by atoms with Gasteiger partial charge in [0.15, 0.2) is 0 Å². The number of halogens is 3. The Morgan fingerprint density at radius 1 is 1.06 bits per heavy atom. The standard InChI is InChI=1S/C23H22F3NO4/c1-2-3-10-30-20-13-21(23(24,25)26)27-18-9-8-15(11-17(18)20)14-31-19-7-5-4-6-16(19)12-22(28)29/h4-9,11,13H,2-3,10,12,14H2,1H3,(H,28,29). The smallest absolute Gasteiger partial charge is 0.433 e. The third kappa shape index (κ3) is 5.87. The molecule has 0 fully saturated rings. The highest BCUT2D eigenvalue weighted by atomic mass is 19.4. The molecule has 2 aromatic carbocycles. The third-order valence-electron chi connectivity index (χ3n) is 4.59. The molecule has 0 spiro atoms. The quantitative estimate of drug-likeness (QED) is 0.443. The summed E-state index contributed by atoms with van der Waals surface area (Å²) < 4.78 is 51.1. The number of hydrogen-bond donors (Lipinski definition) is 1. The molecule has 0 aliphatic carbocycles. The summed E-state index contributed by atoms with van der Waals surface area (Å²) >= 11 is 0. The lowest BCUT2D eigenvalue weighted by molar-refractivity contribution is -0.141. The van der Waals surface area contributed by atoms with Crippen molar-refractivity contribution in [2.75, 3.05) is 6.61 Å². The molecule has 31 heavy (non-hydrogen) atoms. The van der Waals surface area contributed by atoms with Crippen molar-refractivity contribution in [2.24, 2.45) is 0 Å². The van der Waals surface area contributed by atoms with Gasteiger partial charge in [-0.2, -0.15) is 13.2 Å². The monoisotopic (exact) mass is 433 g/mol. The van der Waals surface area contributed by atoms with Crippen LogP contribution in [0.25, 0.3) is 10.9 Å². The van der Waals surface area contributed by atoms with E-state index >= 15 is 0 Å². The van der Waals surface area contributed by atoms with Crippen LogP contribution >= 0.6 is 0 Å². The van der Waals surface area contributed by atoms with Crippen molar-refractivity contribution in [3.05, 3.63) is 65.4 Å². The molecule has 0 bridgehead atoms. The van der Waals surface area contributed by atoms with Gasteiger partial charge in [0.2, 0.25) is 0 Å². The highest BCUT2D eigenvalue weighted by Gasteiger charge is 2.33. The summed E-state index contributed by atoms with van der Waals surface area (Å²) in [5.74, 6) is -0.406. The zero-order valence-electron chi connectivity index (χ0n) is 16.9. The molecule has 0 radical (unpaired) electrons. The van der Waals surface area contributed by atoms with Crippen LogP contribution in [0.4, 0.5) is 13.2 Å². The number of fused-ring (bicyclic) bond motifs is 1. The maximum Gasteiger partial charge on any atom is 0.433 e. The van der Waals surface area contributed by atoms with Gasteiger partial charge in [-0.3, -0.25) is 4.79 Å². The number of rotatable bonds is 9. The second-order valence-corrected chi connectivity index (χ2v) is 7.02. The predicted molar refractivity (Wildman–Crippen MR) is 109 cm³/mol. The lowest BCUT2D eigenvalue weighted by Crippen LogP contribution is -2.09. The summed E-state index contributed by atoms with van der Waals surface area (Å²) in [6, 6.07) is 12.6. The first kappa shape index (κ1) is 22.4. The van der Waals surface area contributed by atoms with Gasteiger partial charge in [-0.15, -0.1) is 0 Å². The van der Waals surface area contributed by atoms with Crippen LogP contribution in [0.5, 0.6) is 11.5 Å². The number of carboxylic acids is 1. The van der Waals surface area contributed by atoms with E-state index in [2.05, 4.69) is 4.98 Å². The zero-order valence-corrected chi connectivity index (χ0v) is 16.9. The van der Waals surface area contributed by atoms with Crippen molar-refractivity contribution in [3.8, 4) is 11.5 Å². The lowest BCUT2D eigenvalue weighted by Gasteiger charge is -2.14. The first-order chi connectivity index (χ1) is 14.8. The maximum atomic E-state index is 13.2. The molecule has 5 nitrogen and oxygen atoms in total. The van der Waals surface area contributed by atoms with Crippen LogP contribution in [0.3, 0.4) is 0 Å². The molecular weight excluding hydrogens is 411 g/mol. The number of carbonyl (C=O) groups is 1. The van der Waals surface area contributed by atoms with E-state index in [1.54, 1.807) is 36.4 Å². The summed E-state index contributed by atoms with van der Waals surface area (Å²) in [6.07, 6.45) is -3.18. The molecule has 3 rings (SSSR count). The second kappa shape index (κ2) is 9.68. The number of alkyl halides is 3. The summed E-state index contributed by atoms with van der Waals surface area (Å²) in [6.45, 7) is 2.38. The molecule has 0 atom stereocenters. The Morgan fingerprint density at radius 3 is 2.55 bits per heavy atom. The Bertz CT molecular complexity index is 1070. The molecule has 0 unspecified atom stereocenters. The Balaban J connectivity index is 1.89. The fraction of sp³-hybridized carbons (Fsp3) is 0.304. The van der Waals surface area contributed by atoms with Crippen molar-refractivity contribution in [1.82, 2.24) is 4.98 Å². The van der Waals surface area contributed by atoms with E-state index < -0.39 is 17.8 Å². The number of unbranched alkanes of at least 4 members (excludes halogenated alkanes) is 1. The van der Waals surface area contributed by atoms with Gasteiger partial charge < -0.3 is 14.6 Å². The Morgan fingerprint density at radius 2 is 1.84 bits per heavy atom. The number of ether oxygens (including phenoxy) is 2. The van der Waals surface area contributed by atoms with E-state index in [-0.39, 0.29) is 24.3 Å². The van der Waals surface area contributed by atoms with Gasteiger partial charge in [-0.25, -0.2) is 4.98 Å². The summed E-state index contributed by atoms with van der Waals surface area (Å²) in [5, 5.41) is 9.50. The molecule has 0 amide bonds. The van der Waals surface area contributed by atoms with Crippen molar-refractivity contribution in [2.45, 2.75) is 39.0 Å². The number of pyridine rings is 1. The van der Waals surface area contributed by atoms with Crippen molar-refractivity contribution < 1.29 is 32.5 Å². The van der Waals surface area contributed by atoms with Gasteiger partial charge in [-0.05, 0) is 30.2 Å². The number of benzene rings is 2. The minimum atomic E-state index is -4.58. The largest absolute Gasteiger partial charge is 0.493 e. The van der Waals surface area contributed by atoms with E-state index in [0.717, 1.165) is 12.5 Å². The molecule has 1 heterocycles. The van der Waals surface area contributed by atoms with Gasteiger partial charge >= 0.3 is 12.1 Å². The van der Waals surface area contributed by atoms with E-state index in [9.17, 15) is 18.0 Å². The summed E-state index contributed by atoms with van der Waals surface area (Å²) in [7, 11) is 0. The normalized spacial score (nSPS) is 11.5. The van der Waals surface area contributed by atoms with Gasteiger partial charge in [-0.1, -0.05) is 37.6 Å². The van der Waals surface area contributed by atoms with E-state index in [4.69, 9.17) is 14.6 Å². The summed E-state index contributed by atoms with van der Waals surface area (Å²) in [5.41, 5.74) is 0.407. The SMILES string of the molecule is CCCCOc1cc(C(F)(F)F)nc2ccc(COc3ccccc3CC(=O)O)cc12. The fourth-order valence-corrected chi connectivity index (χ4v) is 3.04. The van der Waals surface area contributed by atoms with Gasteiger partial charge in [0.05, 0.1) is 18.5 Å². The molecule has 8 heteroatoms. The number of para-hydroxylation sites is 1. The molecule has 3 aromatic rings. The van der Waals surface area contributed by atoms with E-state index in [1.807, 2.05) is 6.92 Å². The Labute approximate surface area is 177 Å². The van der Waals surface area contributed by atoms with E-state index in [0.29, 0.717) is 35.3 Å². The van der Waals surface area contributed by atoms with Gasteiger partial charge in [0.25, 0.3) is 0 Å². The van der Waals surface area contributed by atoms with E-state index in [1.165, 1.54) is 6.07 Å². The second-order valence-electron chi connectivity index (χ2n) is 7.02. The highest BCUT2D eigenvalue weighted by Crippen LogP contribution is 2.35. The third-order valence-corrected chi connectivity index (χ3v) is 4.59. The number of aromatic nitrogens is 1. The van der Waals surface area contributed by atoms with Gasteiger partial charge in [0, 0.05) is 17.0 Å². The maximum absolute atomic E-state index is 13.2. The fourth-order valence-electron chi connectivity index (χ4n) is 3.04. The van der Waals surface area contributed by atoms with Crippen molar-refractivity contribution in [3.63, 3.8) is 0 Å². The molecule has 1 N–H and O–H groups in total. The van der Waals surface area contributed by atoms with Crippen LogP contribution in [0.15, 0.2) is 48.5 Å². The van der Waals surface area contributed by atoms with Crippen LogP contribution in [0.2, 0.25) is 0 Å². The van der Waals surface area contributed by atoms with Crippen LogP contribution in [0.1, 0.15) is 36.6 Å². The number of carboxylic acid groups (broad SMARTS) is 1. The highest BCUT2D eigenvalue weighted by molar-refractivity contribution is 5.86. The number of hydrogen-bond acceptors (Lipinski definition) is 4. The molecule has 164 valence electrons. The van der Waals surface area contributed by atoms with Crippen molar-refractivity contribution in [1.29, 1.82) is 0 Å². The zero-order chi connectivity index (χ0) is 22.4. The Kier molecular flexibility index (Phi) is 6.99. The predicted octanol–water partition coefficient (Wildman–Crippen LogP) is 5.64. The van der Waals surface area contributed by atoms with Crippen LogP contribution < -0.4 is 9.47 Å². The average Bonchev–Trinajstić information content (AvgIpc) is 2.72. The first-order valence-electron chi connectivity index (χ1n) is 9.84. The van der Waals surface area contributed by atoms with Crippen LogP contribution in [0, 0.1) is 0 Å². The average molecular weight is 433 g/mol. The minimum Gasteiger partial charge on any atom is -0.493 e. The lowest BCUT2D eigenvalue weighted by atomic mass is 10.1. The van der Waals surface area contributed by atoms with Gasteiger partial charge in [0.1, 0.15) is 23.8 Å². The Hall–Kier alpha value is -3.29. The first-order valence-corrected chi connectivity index (χ1v) is 9.84. The molecule has 0 saturated carbocycles. The van der Waals surface area contributed by atoms with Crippen LogP contribution in [-0.2, 0) is 24.0 Å². The minimum absolute atomic E-state index is 0.113. The number of nitrogens with zero attached hydrogens (tertiary/aromatic N) is 1. The summed E-state index contributed by atoms with van der Waals surface area (Å²) in [4.78, 5) is 14.8. The molecule has 0 saturated heterocycles. The topological polar surface area (TPSA) is 68.7 Å². The number of aliphatic carboxylic acids is 1. The van der Waals surface area contributed by atoms with Crippen molar-refractivity contribution >= 4 is 16.9 Å². The van der Waals surface area contributed by atoms with Crippen LogP contribution in [-0.4, -0.2) is 22.7 Å².